The fourth-order valence-electron chi connectivity index (χ4n) is 1.26. The molecule has 1 amide bonds. The van der Waals surface area contributed by atoms with E-state index in [4.69, 9.17) is 5.84 Å². The third-order valence-electron chi connectivity index (χ3n) is 2.18. The number of pyridine rings is 1. The Bertz CT molecular complexity index is 514. The van der Waals surface area contributed by atoms with Crippen molar-refractivity contribution in [3.63, 3.8) is 0 Å². The molecule has 0 aromatic carbocycles. The molecule has 19 heavy (non-hydrogen) atoms. The molecule has 0 radical (unpaired) electrons. The van der Waals surface area contributed by atoms with E-state index in [0.717, 1.165) is 6.26 Å². The van der Waals surface area contributed by atoms with Gasteiger partial charge in [0.1, 0.15) is 5.82 Å². The lowest BCUT2D eigenvalue weighted by Crippen LogP contribution is -2.29. The first kappa shape index (κ1) is 15.3. The highest BCUT2D eigenvalue weighted by atomic mass is 32.2. The summed E-state index contributed by atoms with van der Waals surface area (Å²) < 4.78 is 23.9. The van der Waals surface area contributed by atoms with Crippen molar-refractivity contribution < 1.29 is 13.2 Å². The number of carbonyl (C=O) groups excluding carboxylic acids is 1. The Morgan fingerprint density at radius 3 is 2.63 bits per heavy atom. The van der Waals surface area contributed by atoms with Crippen LogP contribution in [0.3, 0.4) is 0 Å². The second kappa shape index (κ2) is 7.02. The van der Waals surface area contributed by atoms with Gasteiger partial charge in [-0.1, -0.05) is 0 Å². The van der Waals surface area contributed by atoms with Gasteiger partial charge in [0.2, 0.25) is 10.0 Å². The summed E-state index contributed by atoms with van der Waals surface area (Å²) in [6, 6.07) is 3.17. The molecule has 0 atom stereocenters. The molecule has 0 saturated heterocycles. The minimum atomic E-state index is -3.18. The molecule has 0 aliphatic rings. The van der Waals surface area contributed by atoms with Crippen LogP contribution in [0.25, 0.3) is 0 Å². The van der Waals surface area contributed by atoms with Gasteiger partial charge in [0, 0.05) is 19.3 Å². The number of nitrogens with two attached hydrogens (primary N) is 1. The predicted molar refractivity (Wildman–Crippen MR) is 71.8 cm³/mol. The van der Waals surface area contributed by atoms with Crippen molar-refractivity contribution >= 4 is 21.7 Å². The van der Waals surface area contributed by atoms with Gasteiger partial charge in [-0.3, -0.25) is 4.79 Å². The number of sulfonamides is 1. The molecule has 106 valence electrons. The molecule has 5 N–H and O–H groups in total. The standard InChI is InChI=1S/C10H17N5O3S/c1-19(17,18)14-6-2-5-12-10(16)8-3-4-9(15-11)13-7-8/h3-4,7,14H,2,5-6,11H2,1H3,(H,12,16)(H,13,15). The Labute approximate surface area is 111 Å². The Hall–Kier alpha value is -1.71. The number of aromatic nitrogens is 1. The van der Waals surface area contributed by atoms with Crippen molar-refractivity contribution in [3.05, 3.63) is 23.9 Å². The fourth-order valence-corrected chi connectivity index (χ4v) is 1.78. The lowest BCUT2D eigenvalue weighted by atomic mass is 10.2. The monoisotopic (exact) mass is 287 g/mol. The van der Waals surface area contributed by atoms with E-state index in [1.165, 1.54) is 6.20 Å². The summed E-state index contributed by atoms with van der Waals surface area (Å²) in [5.74, 6) is 5.35. The molecular weight excluding hydrogens is 270 g/mol. The molecule has 1 heterocycles. The molecule has 9 heteroatoms. The summed E-state index contributed by atoms with van der Waals surface area (Å²) in [4.78, 5) is 15.6. The van der Waals surface area contributed by atoms with E-state index < -0.39 is 10.0 Å². The average molecular weight is 287 g/mol. The van der Waals surface area contributed by atoms with Gasteiger partial charge in [-0.2, -0.15) is 0 Å². The van der Waals surface area contributed by atoms with Crippen molar-refractivity contribution in [3.8, 4) is 0 Å². The summed E-state index contributed by atoms with van der Waals surface area (Å²) in [5.41, 5.74) is 2.77. The van der Waals surface area contributed by atoms with E-state index in [1.54, 1.807) is 12.1 Å². The van der Waals surface area contributed by atoms with Crippen LogP contribution in [-0.4, -0.2) is 38.7 Å². The highest BCUT2D eigenvalue weighted by molar-refractivity contribution is 7.88. The maximum absolute atomic E-state index is 11.7. The molecule has 0 spiro atoms. The Morgan fingerprint density at radius 1 is 1.37 bits per heavy atom. The number of anilines is 1. The van der Waals surface area contributed by atoms with Crippen LogP contribution in [0.1, 0.15) is 16.8 Å². The van der Waals surface area contributed by atoms with Crippen molar-refractivity contribution in [1.29, 1.82) is 0 Å². The largest absolute Gasteiger partial charge is 0.352 e. The SMILES string of the molecule is CS(=O)(=O)NCCCNC(=O)c1ccc(NN)nc1. The lowest BCUT2D eigenvalue weighted by Gasteiger charge is -2.06. The van der Waals surface area contributed by atoms with E-state index in [0.29, 0.717) is 24.3 Å². The fraction of sp³-hybridized carbons (Fsp3) is 0.400. The van der Waals surface area contributed by atoms with Crippen LogP contribution >= 0.6 is 0 Å². The molecule has 0 aliphatic heterocycles. The highest BCUT2D eigenvalue weighted by Crippen LogP contribution is 2.03. The summed E-state index contributed by atoms with van der Waals surface area (Å²) in [5, 5.41) is 2.66. The van der Waals surface area contributed by atoms with Gasteiger partial charge in [-0.05, 0) is 18.6 Å². The molecule has 1 aromatic rings. The van der Waals surface area contributed by atoms with E-state index in [9.17, 15) is 13.2 Å². The average Bonchev–Trinajstić information content (AvgIpc) is 2.37. The van der Waals surface area contributed by atoms with E-state index in [1.807, 2.05) is 0 Å². The quantitative estimate of drug-likeness (QED) is 0.290. The van der Waals surface area contributed by atoms with Gasteiger partial charge < -0.3 is 10.7 Å². The highest BCUT2D eigenvalue weighted by Gasteiger charge is 2.05. The van der Waals surface area contributed by atoms with Crippen LogP contribution in [-0.2, 0) is 10.0 Å². The number of amides is 1. The van der Waals surface area contributed by atoms with Gasteiger partial charge in [-0.25, -0.2) is 24.0 Å². The first-order valence-corrected chi connectivity index (χ1v) is 7.47. The second-order valence-electron chi connectivity index (χ2n) is 3.85. The molecule has 0 saturated carbocycles. The summed E-state index contributed by atoms with van der Waals surface area (Å²) in [6.07, 6.45) is 3.00. The minimum absolute atomic E-state index is 0.268. The minimum Gasteiger partial charge on any atom is -0.352 e. The smallest absolute Gasteiger partial charge is 0.252 e. The zero-order chi connectivity index (χ0) is 14.3. The van der Waals surface area contributed by atoms with Crippen LogP contribution < -0.4 is 21.3 Å². The number of hydrogen-bond donors (Lipinski definition) is 4. The first-order chi connectivity index (χ1) is 8.92. The summed E-state index contributed by atoms with van der Waals surface area (Å²) in [7, 11) is -3.18. The molecule has 1 rings (SSSR count). The number of hydrazine groups is 1. The van der Waals surface area contributed by atoms with Crippen LogP contribution in [0.15, 0.2) is 18.3 Å². The van der Waals surface area contributed by atoms with Crippen LogP contribution in [0, 0.1) is 0 Å². The topological polar surface area (TPSA) is 126 Å². The number of hydrogen-bond acceptors (Lipinski definition) is 6. The van der Waals surface area contributed by atoms with Crippen molar-refractivity contribution in [2.75, 3.05) is 24.8 Å². The van der Waals surface area contributed by atoms with Crippen LogP contribution in [0.2, 0.25) is 0 Å². The number of nitrogens with one attached hydrogen (secondary N) is 3. The molecule has 0 unspecified atom stereocenters. The second-order valence-corrected chi connectivity index (χ2v) is 5.69. The van der Waals surface area contributed by atoms with E-state index in [2.05, 4.69) is 20.4 Å². The third kappa shape index (κ3) is 6.13. The zero-order valence-corrected chi connectivity index (χ0v) is 11.3. The predicted octanol–water partition coefficient (Wildman–Crippen LogP) is -0.964. The molecule has 0 aliphatic carbocycles. The summed E-state index contributed by atoms with van der Waals surface area (Å²) >= 11 is 0. The maximum Gasteiger partial charge on any atom is 0.252 e. The zero-order valence-electron chi connectivity index (χ0n) is 10.5. The van der Waals surface area contributed by atoms with Crippen LogP contribution in [0.4, 0.5) is 5.82 Å². The van der Waals surface area contributed by atoms with Gasteiger partial charge in [-0.15, -0.1) is 0 Å². The normalized spacial score (nSPS) is 11.1. The van der Waals surface area contributed by atoms with Crippen molar-refractivity contribution in [2.24, 2.45) is 5.84 Å². The molecule has 1 aromatic heterocycles. The molecule has 8 nitrogen and oxygen atoms in total. The summed E-state index contributed by atoms with van der Waals surface area (Å²) in [6.45, 7) is 0.658. The Balaban J connectivity index is 2.31. The van der Waals surface area contributed by atoms with Gasteiger partial charge in [0.15, 0.2) is 0 Å². The van der Waals surface area contributed by atoms with Crippen molar-refractivity contribution in [1.82, 2.24) is 15.0 Å². The number of rotatable bonds is 7. The molecule has 0 fully saturated rings. The van der Waals surface area contributed by atoms with E-state index >= 15 is 0 Å². The molecular formula is C10H17N5O3S. The maximum atomic E-state index is 11.7. The lowest BCUT2D eigenvalue weighted by molar-refractivity contribution is 0.0953. The van der Waals surface area contributed by atoms with Gasteiger partial charge >= 0.3 is 0 Å². The van der Waals surface area contributed by atoms with Crippen molar-refractivity contribution in [2.45, 2.75) is 6.42 Å². The number of nitrogen functional groups attached to an aromatic ring is 1. The first-order valence-electron chi connectivity index (χ1n) is 5.58. The third-order valence-corrected chi connectivity index (χ3v) is 2.91. The van der Waals surface area contributed by atoms with Gasteiger partial charge in [0.25, 0.3) is 5.91 Å². The van der Waals surface area contributed by atoms with Gasteiger partial charge in [0.05, 0.1) is 11.8 Å². The molecule has 0 bridgehead atoms. The number of carbonyl (C=O) groups is 1. The Morgan fingerprint density at radius 2 is 2.11 bits per heavy atom. The van der Waals surface area contributed by atoms with E-state index in [-0.39, 0.29) is 12.5 Å². The number of nitrogens with zero attached hydrogens (tertiary/aromatic N) is 1. The Kier molecular flexibility index (Phi) is 5.67. The van der Waals surface area contributed by atoms with Crippen LogP contribution in [0.5, 0.6) is 0 Å².